The summed E-state index contributed by atoms with van der Waals surface area (Å²) in [5.74, 6) is 1.61. The van der Waals surface area contributed by atoms with Gasteiger partial charge in [0.2, 0.25) is 11.6 Å². The summed E-state index contributed by atoms with van der Waals surface area (Å²) in [7, 11) is 6.13. The van der Waals surface area contributed by atoms with Crippen molar-refractivity contribution in [3.63, 3.8) is 0 Å². The molecule has 0 amide bonds. The van der Waals surface area contributed by atoms with Crippen molar-refractivity contribution in [2.45, 2.75) is 6.92 Å². The molecule has 2 aromatic carbocycles. The Bertz CT molecular complexity index is 977. The quantitative estimate of drug-likeness (QED) is 0.562. The summed E-state index contributed by atoms with van der Waals surface area (Å²) < 4.78 is 26.9. The Morgan fingerprint density at radius 3 is 2.25 bits per heavy atom. The number of cyclic esters (lactones) is 1. The van der Waals surface area contributed by atoms with Crippen molar-refractivity contribution < 1.29 is 28.5 Å². The van der Waals surface area contributed by atoms with Gasteiger partial charge in [-0.3, -0.25) is 0 Å². The summed E-state index contributed by atoms with van der Waals surface area (Å²) in [6.45, 7) is 1.91. The predicted octanol–water partition coefficient (Wildman–Crippen LogP) is 3.37. The van der Waals surface area contributed by atoms with Gasteiger partial charge < -0.3 is 23.7 Å². The fourth-order valence-corrected chi connectivity index (χ4v) is 3.00. The zero-order valence-electron chi connectivity index (χ0n) is 16.4. The molecule has 2 aromatic rings. The van der Waals surface area contributed by atoms with Gasteiger partial charge in [0.1, 0.15) is 5.75 Å². The molecule has 0 N–H and O–H groups in total. The number of carbonyl (C=O) groups is 1. The maximum atomic E-state index is 12.4. The van der Waals surface area contributed by atoms with Gasteiger partial charge in [-0.1, -0.05) is 12.1 Å². The number of aliphatic imine (C=N–C) groups is 1. The molecule has 3 rings (SSSR count). The van der Waals surface area contributed by atoms with Crippen LogP contribution < -0.4 is 18.9 Å². The molecule has 1 heterocycles. The zero-order valence-corrected chi connectivity index (χ0v) is 16.4. The average Bonchev–Trinajstić information content (AvgIpc) is 3.07. The Hall–Kier alpha value is -3.48. The molecule has 7 heteroatoms. The standard InChI is InChI=1S/C21H21NO6/c1-12-7-6-8-14(17(12)25-3)20-22-15(21(23)28-20)11-13-9-10-16(24-2)19(27-5)18(13)26-4/h6-11H,1-5H3. The van der Waals surface area contributed by atoms with Gasteiger partial charge in [-0.15, -0.1) is 0 Å². The Morgan fingerprint density at radius 2 is 1.61 bits per heavy atom. The van der Waals surface area contributed by atoms with Crippen LogP contribution in [0, 0.1) is 6.92 Å². The summed E-state index contributed by atoms with van der Waals surface area (Å²) in [6.07, 6.45) is 1.58. The van der Waals surface area contributed by atoms with Crippen molar-refractivity contribution in [2.75, 3.05) is 28.4 Å². The number of ether oxygens (including phenoxy) is 5. The van der Waals surface area contributed by atoms with Crippen molar-refractivity contribution in [3.8, 4) is 23.0 Å². The lowest BCUT2D eigenvalue weighted by Crippen LogP contribution is -2.07. The maximum Gasteiger partial charge on any atom is 0.363 e. The largest absolute Gasteiger partial charge is 0.496 e. The minimum Gasteiger partial charge on any atom is -0.496 e. The Kier molecular flexibility index (Phi) is 5.54. The number of aryl methyl sites for hydroxylation is 1. The molecular weight excluding hydrogens is 362 g/mol. The van der Waals surface area contributed by atoms with Crippen LogP contribution in [0.5, 0.6) is 23.0 Å². The van der Waals surface area contributed by atoms with Gasteiger partial charge in [0.25, 0.3) is 0 Å². The molecule has 28 heavy (non-hydrogen) atoms. The first kappa shape index (κ1) is 19.3. The summed E-state index contributed by atoms with van der Waals surface area (Å²) in [4.78, 5) is 16.7. The van der Waals surface area contributed by atoms with E-state index in [2.05, 4.69) is 4.99 Å². The van der Waals surface area contributed by atoms with Crippen LogP contribution in [0.4, 0.5) is 0 Å². The Labute approximate surface area is 163 Å². The van der Waals surface area contributed by atoms with E-state index in [0.717, 1.165) is 5.56 Å². The number of carbonyl (C=O) groups excluding carboxylic acids is 1. The third-order valence-corrected chi connectivity index (χ3v) is 4.29. The lowest BCUT2D eigenvalue weighted by atomic mass is 10.1. The minimum absolute atomic E-state index is 0.143. The highest BCUT2D eigenvalue weighted by Crippen LogP contribution is 2.41. The molecule has 0 spiro atoms. The number of rotatable bonds is 6. The molecule has 0 atom stereocenters. The molecular formula is C21H21NO6. The van der Waals surface area contributed by atoms with Gasteiger partial charge in [-0.25, -0.2) is 9.79 Å². The number of esters is 1. The van der Waals surface area contributed by atoms with E-state index in [0.29, 0.717) is 34.1 Å². The van der Waals surface area contributed by atoms with E-state index in [1.165, 1.54) is 21.3 Å². The predicted molar refractivity (Wildman–Crippen MR) is 104 cm³/mol. The number of nitrogens with zero attached hydrogens (tertiary/aromatic N) is 1. The van der Waals surface area contributed by atoms with Crippen molar-refractivity contribution in [3.05, 3.63) is 52.7 Å². The summed E-state index contributed by atoms with van der Waals surface area (Å²) >= 11 is 0. The fourth-order valence-electron chi connectivity index (χ4n) is 3.00. The number of benzene rings is 2. The first-order chi connectivity index (χ1) is 13.5. The second kappa shape index (κ2) is 8.04. The number of hydrogen-bond donors (Lipinski definition) is 0. The van der Waals surface area contributed by atoms with Gasteiger partial charge in [0, 0.05) is 5.56 Å². The molecule has 0 fully saturated rings. The van der Waals surface area contributed by atoms with Gasteiger partial charge in [-0.05, 0) is 36.8 Å². The molecule has 1 aliphatic heterocycles. The molecule has 0 unspecified atom stereocenters. The molecule has 0 aliphatic carbocycles. The monoisotopic (exact) mass is 383 g/mol. The molecule has 0 aromatic heterocycles. The lowest BCUT2D eigenvalue weighted by Gasteiger charge is -2.14. The van der Waals surface area contributed by atoms with Crippen LogP contribution in [0.2, 0.25) is 0 Å². The van der Waals surface area contributed by atoms with Crippen LogP contribution in [0.25, 0.3) is 6.08 Å². The zero-order chi connectivity index (χ0) is 20.3. The molecule has 0 bridgehead atoms. The van der Waals surface area contributed by atoms with Gasteiger partial charge in [0.15, 0.2) is 17.2 Å². The van der Waals surface area contributed by atoms with Crippen molar-refractivity contribution in [2.24, 2.45) is 4.99 Å². The SMILES string of the molecule is COc1ccc(C=C2N=C(c3cccc(C)c3OC)OC2=O)c(OC)c1OC. The second-order valence-corrected chi connectivity index (χ2v) is 5.92. The van der Waals surface area contributed by atoms with E-state index in [4.69, 9.17) is 23.7 Å². The van der Waals surface area contributed by atoms with E-state index < -0.39 is 5.97 Å². The average molecular weight is 383 g/mol. The smallest absolute Gasteiger partial charge is 0.363 e. The summed E-state index contributed by atoms with van der Waals surface area (Å²) in [6, 6.07) is 9.02. The topological polar surface area (TPSA) is 75.6 Å². The molecule has 7 nitrogen and oxygen atoms in total. The van der Waals surface area contributed by atoms with Crippen LogP contribution in [-0.2, 0) is 9.53 Å². The first-order valence-corrected chi connectivity index (χ1v) is 8.49. The molecule has 0 radical (unpaired) electrons. The van der Waals surface area contributed by atoms with Gasteiger partial charge in [0.05, 0.1) is 34.0 Å². The van der Waals surface area contributed by atoms with Crippen molar-refractivity contribution >= 4 is 17.9 Å². The van der Waals surface area contributed by atoms with Crippen molar-refractivity contribution in [1.82, 2.24) is 0 Å². The minimum atomic E-state index is -0.560. The summed E-state index contributed by atoms with van der Waals surface area (Å²) in [5, 5.41) is 0. The van der Waals surface area contributed by atoms with Crippen LogP contribution in [0.3, 0.4) is 0 Å². The van der Waals surface area contributed by atoms with Crippen LogP contribution in [-0.4, -0.2) is 40.3 Å². The normalized spacial score (nSPS) is 14.5. The molecule has 1 aliphatic rings. The number of para-hydroxylation sites is 1. The van der Waals surface area contributed by atoms with Gasteiger partial charge in [-0.2, -0.15) is 0 Å². The van der Waals surface area contributed by atoms with E-state index >= 15 is 0 Å². The summed E-state index contributed by atoms with van der Waals surface area (Å²) in [5.41, 5.74) is 2.27. The van der Waals surface area contributed by atoms with Crippen molar-refractivity contribution in [1.29, 1.82) is 0 Å². The second-order valence-electron chi connectivity index (χ2n) is 5.92. The Balaban J connectivity index is 2.07. The van der Waals surface area contributed by atoms with E-state index in [-0.39, 0.29) is 11.6 Å². The van der Waals surface area contributed by atoms with E-state index in [1.807, 2.05) is 19.1 Å². The molecule has 0 saturated carbocycles. The van der Waals surface area contributed by atoms with Gasteiger partial charge >= 0.3 is 5.97 Å². The lowest BCUT2D eigenvalue weighted by molar-refractivity contribution is -0.129. The first-order valence-electron chi connectivity index (χ1n) is 8.49. The fraction of sp³-hybridized carbons (Fsp3) is 0.238. The third kappa shape index (κ3) is 3.38. The highest BCUT2D eigenvalue weighted by molar-refractivity contribution is 6.14. The maximum absolute atomic E-state index is 12.4. The number of methoxy groups -OCH3 is 4. The van der Waals surface area contributed by atoms with E-state index in [1.54, 1.807) is 31.4 Å². The highest BCUT2D eigenvalue weighted by atomic mass is 16.6. The number of hydrogen-bond acceptors (Lipinski definition) is 7. The van der Waals surface area contributed by atoms with E-state index in [9.17, 15) is 4.79 Å². The molecule has 0 saturated heterocycles. The van der Waals surface area contributed by atoms with Crippen LogP contribution in [0.15, 0.2) is 41.0 Å². The Morgan fingerprint density at radius 1 is 0.893 bits per heavy atom. The molecule has 146 valence electrons. The van der Waals surface area contributed by atoms with Crippen LogP contribution >= 0.6 is 0 Å². The third-order valence-electron chi connectivity index (χ3n) is 4.29. The highest BCUT2D eigenvalue weighted by Gasteiger charge is 2.27. The van der Waals surface area contributed by atoms with Crippen LogP contribution in [0.1, 0.15) is 16.7 Å².